The summed E-state index contributed by atoms with van der Waals surface area (Å²) in [6, 6.07) is 6.42. The maximum atomic E-state index is 12.5. The summed E-state index contributed by atoms with van der Waals surface area (Å²) in [6.45, 7) is 0.383. The molecule has 5 amide bonds. The van der Waals surface area contributed by atoms with E-state index in [0.717, 1.165) is 37.0 Å². The van der Waals surface area contributed by atoms with Gasteiger partial charge in [-0.3, -0.25) is 25.0 Å². The standard InChI is InChI=1S/C19H23N4O4/c20-16(24)15(13-7-3-1-4-8-13)21-19(27)23-12-11-22(17(25)18(23)26)14-9-5-2-6-10-14/h1,3-4,7-8,14-15,20H,2,5-6,9-12H2,(H,21,27). The minimum Gasteiger partial charge on any atom is -0.330 e. The first-order valence-electron chi connectivity index (χ1n) is 9.22. The average Bonchev–Trinajstić information content (AvgIpc) is 2.69. The molecule has 1 radical (unpaired) electrons. The lowest BCUT2D eigenvalue weighted by atomic mass is 9.93. The molecule has 1 unspecified atom stereocenters. The molecule has 0 bridgehead atoms. The number of urea groups is 1. The Morgan fingerprint density at radius 2 is 1.67 bits per heavy atom. The summed E-state index contributed by atoms with van der Waals surface area (Å²) in [7, 11) is 0. The van der Waals surface area contributed by atoms with Crippen LogP contribution in [0, 0.1) is 0 Å². The SMILES string of the molecule is [NH]C(=O)C(NC(=O)N1CCN(C2CCCCC2)C(=O)C1=O)c1ccccc1. The molecule has 1 atom stereocenters. The van der Waals surface area contributed by atoms with Crippen molar-refractivity contribution in [3.05, 3.63) is 35.9 Å². The van der Waals surface area contributed by atoms with Crippen LogP contribution in [0.4, 0.5) is 4.79 Å². The van der Waals surface area contributed by atoms with Crippen molar-refractivity contribution in [3.8, 4) is 0 Å². The van der Waals surface area contributed by atoms with Crippen LogP contribution in [0.2, 0.25) is 0 Å². The number of hydrogen-bond donors (Lipinski definition) is 1. The number of nitrogens with zero attached hydrogens (tertiary/aromatic N) is 2. The normalized spacial score (nSPS) is 19.7. The van der Waals surface area contributed by atoms with E-state index in [-0.39, 0.29) is 12.6 Å². The number of rotatable bonds is 4. The second kappa shape index (κ2) is 8.20. The molecule has 1 saturated carbocycles. The van der Waals surface area contributed by atoms with Gasteiger partial charge in [0.25, 0.3) is 5.91 Å². The van der Waals surface area contributed by atoms with Gasteiger partial charge in [0.15, 0.2) is 0 Å². The molecule has 1 aromatic carbocycles. The van der Waals surface area contributed by atoms with E-state index in [9.17, 15) is 19.2 Å². The second-order valence-corrected chi connectivity index (χ2v) is 6.90. The van der Waals surface area contributed by atoms with E-state index in [1.54, 1.807) is 35.2 Å². The van der Waals surface area contributed by atoms with E-state index >= 15 is 0 Å². The molecule has 2 aliphatic rings. The molecule has 0 aromatic heterocycles. The first-order valence-corrected chi connectivity index (χ1v) is 9.22. The van der Waals surface area contributed by atoms with Crippen LogP contribution < -0.4 is 11.1 Å². The highest BCUT2D eigenvalue weighted by Gasteiger charge is 2.40. The third-order valence-electron chi connectivity index (χ3n) is 5.18. The highest BCUT2D eigenvalue weighted by Crippen LogP contribution is 2.24. The Hall–Kier alpha value is -2.90. The van der Waals surface area contributed by atoms with Gasteiger partial charge in [-0.05, 0) is 18.4 Å². The van der Waals surface area contributed by atoms with Crippen LogP contribution in [-0.2, 0) is 14.4 Å². The van der Waals surface area contributed by atoms with Gasteiger partial charge in [-0.2, -0.15) is 0 Å². The lowest BCUT2D eigenvalue weighted by Crippen LogP contribution is -2.61. The van der Waals surface area contributed by atoms with Crippen LogP contribution in [-0.4, -0.2) is 52.7 Å². The molecule has 0 spiro atoms. The largest absolute Gasteiger partial charge is 0.330 e. The summed E-state index contributed by atoms with van der Waals surface area (Å²) in [5.41, 5.74) is 7.85. The van der Waals surface area contributed by atoms with Crippen molar-refractivity contribution in [2.45, 2.75) is 44.2 Å². The molecule has 1 aromatic rings. The summed E-state index contributed by atoms with van der Waals surface area (Å²) >= 11 is 0. The van der Waals surface area contributed by atoms with Gasteiger partial charge in [-0.15, -0.1) is 0 Å². The Labute approximate surface area is 157 Å². The van der Waals surface area contributed by atoms with Gasteiger partial charge in [0, 0.05) is 19.1 Å². The third-order valence-corrected chi connectivity index (χ3v) is 5.18. The Bertz CT molecular complexity index is 730. The highest BCUT2D eigenvalue weighted by molar-refractivity contribution is 6.38. The Balaban J connectivity index is 1.67. The zero-order chi connectivity index (χ0) is 19.4. The fourth-order valence-corrected chi connectivity index (χ4v) is 3.73. The van der Waals surface area contributed by atoms with Crippen molar-refractivity contribution >= 4 is 23.8 Å². The molecule has 8 heteroatoms. The Morgan fingerprint density at radius 1 is 1.00 bits per heavy atom. The van der Waals surface area contributed by atoms with Gasteiger partial charge >= 0.3 is 17.8 Å². The lowest BCUT2D eigenvalue weighted by molar-refractivity contribution is -0.156. The smallest absolute Gasteiger partial charge is 0.325 e. The summed E-state index contributed by atoms with van der Waals surface area (Å²) < 4.78 is 0. The van der Waals surface area contributed by atoms with E-state index in [4.69, 9.17) is 5.73 Å². The molecular formula is C19H23N4O4. The van der Waals surface area contributed by atoms with E-state index in [1.165, 1.54) is 0 Å². The minimum absolute atomic E-state index is 0.0623. The summed E-state index contributed by atoms with van der Waals surface area (Å²) in [6.07, 6.45) is 4.99. The van der Waals surface area contributed by atoms with Gasteiger partial charge in [0.05, 0.1) is 0 Å². The van der Waals surface area contributed by atoms with Crippen LogP contribution in [0.15, 0.2) is 30.3 Å². The molecule has 2 N–H and O–H groups in total. The second-order valence-electron chi connectivity index (χ2n) is 6.90. The number of piperazine rings is 1. The maximum Gasteiger partial charge on any atom is 0.325 e. The number of nitrogens with one attached hydrogen (secondary N) is 2. The van der Waals surface area contributed by atoms with Crippen molar-refractivity contribution in [2.75, 3.05) is 13.1 Å². The summed E-state index contributed by atoms with van der Waals surface area (Å²) in [4.78, 5) is 51.5. The predicted molar refractivity (Wildman–Crippen MR) is 96.1 cm³/mol. The zero-order valence-corrected chi connectivity index (χ0v) is 15.0. The molecule has 1 aliphatic carbocycles. The van der Waals surface area contributed by atoms with E-state index in [1.807, 2.05) is 0 Å². The number of amides is 5. The molecule has 1 heterocycles. The van der Waals surface area contributed by atoms with E-state index in [2.05, 4.69) is 5.32 Å². The van der Waals surface area contributed by atoms with Gasteiger partial charge < -0.3 is 10.2 Å². The van der Waals surface area contributed by atoms with Crippen molar-refractivity contribution in [3.63, 3.8) is 0 Å². The number of carbonyl (C=O) groups excluding carboxylic acids is 4. The molecule has 143 valence electrons. The van der Waals surface area contributed by atoms with Crippen molar-refractivity contribution in [1.29, 1.82) is 0 Å². The van der Waals surface area contributed by atoms with E-state index < -0.39 is 29.8 Å². The molecule has 8 nitrogen and oxygen atoms in total. The summed E-state index contributed by atoms with van der Waals surface area (Å²) in [5.74, 6) is -2.54. The number of benzene rings is 1. The van der Waals surface area contributed by atoms with Gasteiger partial charge in [-0.1, -0.05) is 49.6 Å². The quantitative estimate of drug-likeness (QED) is 0.803. The number of imide groups is 1. The zero-order valence-electron chi connectivity index (χ0n) is 15.0. The van der Waals surface area contributed by atoms with Crippen LogP contribution >= 0.6 is 0 Å². The molecule has 1 saturated heterocycles. The number of hydrogen-bond acceptors (Lipinski definition) is 4. The molecule has 2 fully saturated rings. The van der Waals surface area contributed by atoms with Crippen LogP contribution in [0.25, 0.3) is 0 Å². The van der Waals surface area contributed by atoms with Gasteiger partial charge in [-0.25, -0.2) is 4.79 Å². The summed E-state index contributed by atoms with van der Waals surface area (Å²) in [5, 5.41) is 2.41. The van der Waals surface area contributed by atoms with Crippen molar-refractivity contribution < 1.29 is 19.2 Å². The first-order chi connectivity index (χ1) is 13.0. The predicted octanol–water partition coefficient (Wildman–Crippen LogP) is 1.25. The fraction of sp³-hybridized carbons (Fsp3) is 0.474. The van der Waals surface area contributed by atoms with Crippen molar-refractivity contribution in [2.24, 2.45) is 0 Å². The fourth-order valence-electron chi connectivity index (χ4n) is 3.73. The lowest BCUT2D eigenvalue weighted by Gasteiger charge is -2.39. The minimum atomic E-state index is -1.18. The molecule has 3 rings (SSSR count). The van der Waals surface area contributed by atoms with Crippen molar-refractivity contribution in [1.82, 2.24) is 20.9 Å². The Kier molecular flexibility index (Phi) is 5.73. The van der Waals surface area contributed by atoms with E-state index in [0.29, 0.717) is 12.1 Å². The molecule has 1 aliphatic heterocycles. The van der Waals surface area contributed by atoms with Gasteiger partial charge in [0.2, 0.25) is 0 Å². The maximum absolute atomic E-state index is 12.5. The van der Waals surface area contributed by atoms with Crippen LogP contribution in [0.5, 0.6) is 0 Å². The molecular weight excluding hydrogens is 348 g/mol. The monoisotopic (exact) mass is 371 g/mol. The number of carbonyl (C=O) groups is 4. The average molecular weight is 371 g/mol. The molecule has 27 heavy (non-hydrogen) atoms. The van der Waals surface area contributed by atoms with Gasteiger partial charge in [0.1, 0.15) is 6.04 Å². The van der Waals surface area contributed by atoms with Crippen LogP contribution in [0.1, 0.15) is 43.7 Å². The first kappa shape index (κ1) is 18.9. The topological polar surface area (TPSA) is 111 Å². The highest BCUT2D eigenvalue weighted by atomic mass is 16.2. The van der Waals surface area contributed by atoms with Crippen LogP contribution in [0.3, 0.4) is 0 Å². The third kappa shape index (κ3) is 4.10. The Morgan fingerprint density at radius 3 is 2.30 bits per heavy atom.